The molecule has 4 heterocycles. The van der Waals surface area contributed by atoms with Crippen LogP contribution in [0.4, 0.5) is 0 Å². The van der Waals surface area contributed by atoms with Gasteiger partial charge in [0.25, 0.3) is 0 Å². The van der Waals surface area contributed by atoms with Gasteiger partial charge in [-0.3, -0.25) is 19.9 Å². The van der Waals surface area contributed by atoms with Crippen LogP contribution < -0.4 is 4.74 Å². The minimum absolute atomic E-state index is 0. The number of hydrogen-bond acceptors (Lipinski definition) is 9. The number of isothiocyanates is 2. The third kappa shape index (κ3) is 13.9. The zero-order valence-corrected chi connectivity index (χ0v) is 28.7. The van der Waals surface area contributed by atoms with Crippen LogP contribution in [0.25, 0.3) is 45.7 Å². The molecule has 0 saturated carbocycles. The Hall–Kier alpha value is -5.48. The molecule has 0 saturated heterocycles. The summed E-state index contributed by atoms with van der Waals surface area (Å²) in [5.41, 5.74) is 5.94. The van der Waals surface area contributed by atoms with Crippen LogP contribution in [-0.2, 0) is 19.5 Å². The summed E-state index contributed by atoms with van der Waals surface area (Å²) in [6.45, 7) is 2.05. The maximum Gasteiger partial charge on any atom is 2.00 e. The molecular formula is C34H26N6O5RuS2. The van der Waals surface area contributed by atoms with Gasteiger partial charge in [0.15, 0.2) is 0 Å². The second-order valence-corrected chi connectivity index (χ2v) is 9.32. The molecule has 5 aromatic rings. The van der Waals surface area contributed by atoms with Crippen LogP contribution in [0.2, 0.25) is 0 Å². The van der Waals surface area contributed by atoms with Gasteiger partial charge >= 0.3 is 31.4 Å². The number of aromatic carboxylic acids is 2. The number of rotatable bonds is 7. The van der Waals surface area contributed by atoms with Crippen LogP contribution in [0, 0.1) is 6.92 Å². The van der Waals surface area contributed by atoms with E-state index in [1.807, 2.05) is 60.9 Å². The normalized spacial score (nSPS) is 9.29. The Morgan fingerprint density at radius 2 is 1.06 bits per heavy atom. The molecule has 0 fully saturated rings. The number of methoxy groups -OCH3 is 1. The number of hydrogen-bond donors (Lipinski definition) is 2. The number of thiocarbonyl (C=S) groups is 2. The Bertz CT molecular complexity index is 1840. The van der Waals surface area contributed by atoms with Gasteiger partial charge in [-0.2, -0.15) is 10.3 Å². The number of carboxylic acids is 2. The van der Waals surface area contributed by atoms with Gasteiger partial charge in [0, 0.05) is 24.8 Å². The number of carbonyl (C=O) groups is 2. The Morgan fingerprint density at radius 1 is 0.667 bits per heavy atom. The predicted octanol–water partition coefficient (Wildman–Crippen LogP) is 7.49. The molecule has 0 radical (unpaired) electrons. The van der Waals surface area contributed by atoms with Crippen molar-refractivity contribution in [2.45, 2.75) is 6.92 Å². The van der Waals surface area contributed by atoms with Crippen LogP contribution in [0.5, 0.6) is 5.75 Å². The van der Waals surface area contributed by atoms with Crippen molar-refractivity contribution < 1.29 is 44.0 Å². The molecule has 0 bridgehead atoms. The van der Waals surface area contributed by atoms with Crippen LogP contribution in [0.3, 0.4) is 0 Å². The van der Waals surface area contributed by atoms with Crippen molar-refractivity contribution in [3.8, 4) is 28.5 Å². The Labute approximate surface area is 300 Å². The third-order valence-corrected chi connectivity index (χ3v) is 5.82. The van der Waals surface area contributed by atoms with Crippen LogP contribution in [-0.4, -0.2) is 59.5 Å². The molecular weight excluding hydrogens is 738 g/mol. The zero-order chi connectivity index (χ0) is 34.6. The zero-order valence-electron chi connectivity index (χ0n) is 25.4. The molecule has 0 amide bonds. The molecule has 1 aromatic carbocycles. The molecule has 48 heavy (non-hydrogen) atoms. The Balaban J connectivity index is 0.000000413. The number of pyridine rings is 4. The van der Waals surface area contributed by atoms with E-state index in [1.165, 1.54) is 52.5 Å². The molecule has 14 heteroatoms. The van der Waals surface area contributed by atoms with Crippen molar-refractivity contribution in [2.75, 3.05) is 7.11 Å². The van der Waals surface area contributed by atoms with E-state index in [9.17, 15) is 9.59 Å². The van der Waals surface area contributed by atoms with Crippen molar-refractivity contribution in [2.24, 2.45) is 0 Å². The summed E-state index contributed by atoms with van der Waals surface area (Å²) in [5, 5.41) is 34.6. The largest absolute Gasteiger partial charge is 2.00 e. The summed E-state index contributed by atoms with van der Waals surface area (Å²) in [4.78, 5) is 38.4. The molecule has 11 nitrogen and oxygen atoms in total. The maximum absolute atomic E-state index is 10.8. The fourth-order valence-electron chi connectivity index (χ4n) is 3.68. The summed E-state index contributed by atoms with van der Waals surface area (Å²) >= 11 is 7.40. The first kappa shape index (κ1) is 40.5. The second kappa shape index (κ2) is 22.1. The molecule has 0 unspecified atom stereocenters. The van der Waals surface area contributed by atoms with E-state index < -0.39 is 11.9 Å². The average Bonchev–Trinajstić information content (AvgIpc) is 3.09. The van der Waals surface area contributed by atoms with E-state index in [4.69, 9.17) is 25.8 Å². The number of ether oxygens (including phenoxy) is 1. The number of aromatic nitrogens is 4. The first-order valence-electron chi connectivity index (χ1n) is 13.3. The van der Waals surface area contributed by atoms with Gasteiger partial charge in [-0.1, -0.05) is 48.7 Å². The summed E-state index contributed by atoms with van der Waals surface area (Å²) in [6, 6.07) is 21.4. The van der Waals surface area contributed by atoms with Gasteiger partial charge in [0.05, 0.1) is 41.0 Å². The van der Waals surface area contributed by atoms with Crippen molar-refractivity contribution in [3.05, 3.63) is 136 Å². The van der Waals surface area contributed by atoms with Gasteiger partial charge in [-0.15, -0.1) is 0 Å². The summed E-state index contributed by atoms with van der Waals surface area (Å²) in [5.74, 6) is -1.29. The van der Waals surface area contributed by atoms with E-state index in [2.05, 4.69) is 63.4 Å². The summed E-state index contributed by atoms with van der Waals surface area (Å²) in [6.07, 6.45) is 10.5. The van der Waals surface area contributed by atoms with Crippen molar-refractivity contribution in [3.63, 3.8) is 0 Å². The first-order chi connectivity index (χ1) is 22.6. The van der Waals surface area contributed by atoms with Crippen molar-refractivity contribution in [1.29, 1.82) is 0 Å². The van der Waals surface area contributed by atoms with Gasteiger partial charge in [0.2, 0.25) is 0 Å². The maximum atomic E-state index is 10.8. The standard InChI is InChI=1S/C20H18N2O.C12H8N2O4.2CNS.Ru/c1-15-9-11-21-19(13-15)20-14-17(10-12-22-20)4-3-16-5-7-18(23-2)8-6-16;15-11(16)7-1-3-13-9(5-7)10-6-8(12(17)18)2-4-14-10;2*2-1-3;/h3-14H,1-2H3;1-6H,(H,15,16)(H,17,18);;;/q;;2*-1;+2/b4-3+;;;;. The molecule has 0 atom stereocenters. The Morgan fingerprint density at radius 3 is 1.50 bits per heavy atom. The molecule has 0 aliphatic heterocycles. The fraction of sp³-hybridized carbons (Fsp3) is 0.0588. The van der Waals surface area contributed by atoms with Gasteiger partial charge in [0.1, 0.15) is 5.75 Å². The molecule has 242 valence electrons. The second-order valence-electron chi connectivity index (χ2n) is 8.95. The van der Waals surface area contributed by atoms with Crippen LogP contribution in [0.1, 0.15) is 37.4 Å². The molecule has 5 rings (SSSR count). The SMILES string of the molecule is COc1ccc(/C=C/c2ccnc(-c3cc(C)ccn3)c2)cc1.O=C(O)c1ccnc(-c2cc(C(=O)O)ccn2)c1.[N-]=C=S.[N-]=C=S.[Ru+2]. The third-order valence-electron chi connectivity index (χ3n) is 5.82. The van der Waals surface area contributed by atoms with Crippen molar-refractivity contribution in [1.82, 2.24) is 19.9 Å². The number of nitrogens with zero attached hydrogens (tertiary/aromatic N) is 6. The van der Waals surface area contributed by atoms with Crippen LogP contribution >= 0.6 is 24.4 Å². The van der Waals surface area contributed by atoms with Crippen LogP contribution in [0.15, 0.2) is 97.6 Å². The van der Waals surface area contributed by atoms with Gasteiger partial charge in [-0.25, -0.2) is 9.59 Å². The molecule has 0 aliphatic rings. The van der Waals surface area contributed by atoms with Gasteiger partial charge < -0.3 is 25.8 Å². The summed E-state index contributed by atoms with van der Waals surface area (Å²) in [7, 11) is 1.67. The molecule has 0 aliphatic carbocycles. The number of aryl methyl sites for hydroxylation is 1. The smallest absolute Gasteiger partial charge is 0.753 e. The quantitative estimate of drug-likeness (QED) is 0.0953. The van der Waals surface area contributed by atoms with E-state index in [-0.39, 0.29) is 30.6 Å². The van der Waals surface area contributed by atoms with Gasteiger partial charge in [-0.05, 0) is 84.3 Å². The molecule has 2 N–H and O–H groups in total. The summed E-state index contributed by atoms with van der Waals surface area (Å²) < 4.78 is 5.17. The molecule has 4 aromatic heterocycles. The minimum atomic E-state index is -1.08. The topological polar surface area (TPSA) is 180 Å². The predicted molar refractivity (Wildman–Crippen MR) is 187 cm³/mol. The average molecular weight is 764 g/mol. The Kier molecular flexibility index (Phi) is 18.7. The number of benzene rings is 1. The van der Waals surface area contributed by atoms with E-state index >= 15 is 0 Å². The fourth-order valence-corrected chi connectivity index (χ4v) is 3.68. The van der Waals surface area contributed by atoms with E-state index in [1.54, 1.807) is 7.11 Å². The van der Waals surface area contributed by atoms with E-state index in [0.29, 0.717) is 11.4 Å². The van der Waals surface area contributed by atoms with E-state index in [0.717, 1.165) is 28.3 Å². The van der Waals surface area contributed by atoms with Crippen molar-refractivity contribution >= 4 is 58.8 Å². The number of carboxylic acid groups (broad SMARTS) is 2. The first-order valence-corrected chi connectivity index (χ1v) is 14.1. The monoisotopic (exact) mass is 764 g/mol. The molecule has 0 spiro atoms. The minimum Gasteiger partial charge on any atom is -0.753 e.